The molecule has 1 aromatic rings. The number of benzene rings is 1. The topological polar surface area (TPSA) is 38.3 Å². The molecule has 5 heteroatoms. The lowest BCUT2D eigenvalue weighted by Gasteiger charge is -2.16. The van der Waals surface area contributed by atoms with Crippen LogP contribution in [0.2, 0.25) is 0 Å². The lowest BCUT2D eigenvalue weighted by atomic mass is 10.1. The zero-order valence-electron chi connectivity index (χ0n) is 10.5. The van der Waals surface area contributed by atoms with Gasteiger partial charge < -0.3 is 10.1 Å². The molecule has 1 aromatic carbocycles. The molecule has 100 valence electrons. The summed E-state index contributed by atoms with van der Waals surface area (Å²) in [5.41, 5.74) is 0.607. The molecule has 0 heterocycles. The molecule has 0 fully saturated rings. The molecular weight excluding hydrogens is 318 g/mol. The molecule has 1 atom stereocenters. The Morgan fingerprint density at radius 2 is 2.28 bits per heavy atom. The van der Waals surface area contributed by atoms with Crippen LogP contribution in [0.5, 0.6) is 5.75 Å². The van der Waals surface area contributed by atoms with E-state index in [0.717, 1.165) is 17.3 Å². The third-order valence-electron chi connectivity index (χ3n) is 2.70. The molecule has 18 heavy (non-hydrogen) atoms. The third kappa shape index (κ3) is 4.18. The normalized spacial score (nSPS) is 12.0. The smallest absolute Gasteiger partial charge is 0.251 e. The summed E-state index contributed by atoms with van der Waals surface area (Å²) in [5, 5.41) is 2.96. The Morgan fingerprint density at radius 1 is 1.56 bits per heavy atom. The summed E-state index contributed by atoms with van der Waals surface area (Å²) < 4.78 is 5.89. The fraction of sp³-hybridized carbons (Fsp3) is 0.462. The first-order chi connectivity index (χ1) is 8.62. The molecular formula is C13H17BrClNO2. The second kappa shape index (κ2) is 7.64. The quantitative estimate of drug-likeness (QED) is 0.807. The average molecular weight is 335 g/mol. The summed E-state index contributed by atoms with van der Waals surface area (Å²) in [6.07, 6.45) is 1.65. The zero-order chi connectivity index (χ0) is 13.5. The van der Waals surface area contributed by atoms with Crippen LogP contribution in [0.15, 0.2) is 22.7 Å². The fourth-order valence-electron chi connectivity index (χ4n) is 1.59. The fourth-order valence-corrected chi connectivity index (χ4v) is 2.39. The van der Waals surface area contributed by atoms with Crippen molar-refractivity contribution in [1.29, 1.82) is 0 Å². The average Bonchev–Trinajstić information content (AvgIpc) is 2.37. The summed E-state index contributed by atoms with van der Waals surface area (Å²) in [7, 11) is 1.59. The predicted molar refractivity (Wildman–Crippen MR) is 77.6 cm³/mol. The molecule has 0 aliphatic carbocycles. The number of rotatable bonds is 6. The van der Waals surface area contributed by atoms with Gasteiger partial charge in [-0.05, 0) is 47.0 Å². The van der Waals surface area contributed by atoms with E-state index in [1.54, 1.807) is 25.3 Å². The number of hydrogen-bond donors (Lipinski definition) is 1. The number of alkyl halides is 1. The monoisotopic (exact) mass is 333 g/mol. The highest BCUT2D eigenvalue weighted by atomic mass is 79.9. The molecule has 0 aliphatic rings. The van der Waals surface area contributed by atoms with Crippen molar-refractivity contribution in [3.8, 4) is 5.75 Å². The molecule has 0 bridgehead atoms. The van der Waals surface area contributed by atoms with Gasteiger partial charge in [0.05, 0.1) is 11.6 Å². The van der Waals surface area contributed by atoms with E-state index < -0.39 is 0 Å². The Hall–Kier alpha value is -0.740. The lowest BCUT2D eigenvalue weighted by molar-refractivity contribution is 0.0935. The minimum atomic E-state index is -0.0877. The number of amides is 1. The SMILES string of the molecule is CCC(CCCl)NC(=O)c1ccc(OC)c(Br)c1. The number of methoxy groups -OCH3 is 1. The van der Waals surface area contributed by atoms with Crippen LogP contribution in [0.25, 0.3) is 0 Å². The van der Waals surface area contributed by atoms with E-state index >= 15 is 0 Å². The minimum Gasteiger partial charge on any atom is -0.496 e. The number of halogens is 2. The highest BCUT2D eigenvalue weighted by molar-refractivity contribution is 9.10. The highest BCUT2D eigenvalue weighted by Crippen LogP contribution is 2.25. The van der Waals surface area contributed by atoms with Crippen LogP contribution in [0, 0.1) is 0 Å². The summed E-state index contributed by atoms with van der Waals surface area (Å²) >= 11 is 9.06. The first-order valence-electron chi connectivity index (χ1n) is 5.82. The summed E-state index contributed by atoms with van der Waals surface area (Å²) in [4.78, 5) is 12.0. The van der Waals surface area contributed by atoms with E-state index in [1.165, 1.54) is 0 Å². The standard InChI is InChI=1S/C13H17BrClNO2/c1-3-10(6-7-15)16-13(17)9-4-5-12(18-2)11(14)8-9/h4-5,8,10H,3,6-7H2,1-2H3,(H,16,17). The Labute approximate surface area is 121 Å². The molecule has 0 aromatic heterocycles. The van der Waals surface area contributed by atoms with Crippen molar-refractivity contribution in [2.75, 3.05) is 13.0 Å². The summed E-state index contributed by atoms with van der Waals surface area (Å²) in [6.45, 7) is 2.03. The van der Waals surface area contributed by atoms with E-state index in [0.29, 0.717) is 17.2 Å². The number of hydrogen-bond acceptors (Lipinski definition) is 2. The van der Waals surface area contributed by atoms with Gasteiger partial charge in [0.1, 0.15) is 5.75 Å². The van der Waals surface area contributed by atoms with Gasteiger partial charge in [0.15, 0.2) is 0 Å². The van der Waals surface area contributed by atoms with Crippen molar-refractivity contribution in [3.05, 3.63) is 28.2 Å². The maximum Gasteiger partial charge on any atom is 0.251 e. The Balaban J connectivity index is 2.74. The van der Waals surface area contributed by atoms with Crippen molar-refractivity contribution >= 4 is 33.4 Å². The molecule has 0 saturated heterocycles. The molecule has 0 saturated carbocycles. The Kier molecular flexibility index (Phi) is 6.50. The van der Waals surface area contributed by atoms with Crippen molar-refractivity contribution < 1.29 is 9.53 Å². The maximum atomic E-state index is 12.0. The number of carbonyl (C=O) groups excluding carboxylic acids is 1. The number of nitrogens with one attached hydrogen (secondary N) is 1. The van der Waals surface area contributed by atoms with E-state index in [-0.39, 0.29) is 11.9 Å². The lowest BCUT2D eigenvalue weighted by Crippen LogP contribution is -2.34. The van der Waals surface area contributed by atoms with Crippen molar-refractivity contribution in [2.45, 2.75) is 25.8 Å². The maximum absolute atomic E-state index is 12.0. The van der Waals surface area contributed by atoms with Crippen molar-refractivity contribution in [1.82, 2.24) is 5.32 Å². The first kappa shape index (κ1) is 15.3. The van der Waals surface area contributed by atoms with E-state index in [4.69, 9.17) is 16.3 Å². The van der Waals surface area contributed by atoms with Gasteiger partial charge in [0, 0.05) is 17.5 Å². The molecule has 0 radical (unpaired) electrons. The van der Waals surface area contributed by atoms with Crippen LogP contribution >= 0.6 is 27.5 Å². The second-order valence-corrected chi connectivity index (χ2v) is 5.14. The number of carbonyl (C=O) groups is 1. The largest absolute Gasteiger partial charge is 0.496 e. The van der Waals surface area contributed by atoms with E-state index in [2.05, 4.69) is 21.2 Å². The number of ether oxygens (including phenoxy) is 1. The minimum absolute atomic E-state index is 0.0877. The molecule has 3 nitrogen and oxygen atoms in total. The summed E-state index contributed by atoms with van der Waals surface area (Å²) in [5.74, 6) is 1.17. The van der Waals surface area contributed by atoms with Gasteiger partial charge >= 0.3 is 0 Å². The van der Waals surface area contributed by atoms with Gasteiger partial charge in [0.2, 0.25) is 0 Å². The van der Waals surface area contributed by atoms with E-state index in [1.807, 2.05) is 6.92 Å². The Morgan fingerprint density at radius 3 is 2.78 bits per heavy atom. The van der Waals surface area contributed by atoms with Gasteiger partial charge in [-0.25, -0.2) is 0 Å². The van der Waals surface area contributed by atoms with Crippen LogP contribution in [0.1, 0.15) is 30.1 Å². The molecule has 0 spiro atoms. The van der Waals surface area contributed by atoms with Gasteiger partial charge in [-0.15, -0.1) is 11.6 Å². The molecule has 1 unspecified atom stereocenters. The molecule has 1 rings (SSSR count). The van der Waals surface area contributed by atoms with Crippen LogP contribution < -0.4 is 10.1 Å². The van der Waals surface area contributed by atoms with Gasteiger partial charge in [-0.2, -0.15) is 0 Å². The van der Waals surface area contributed by atoms with Crippen LogP contribution in [-0.4, -0.2) is 24.9 Å². The van der Waals surface area contributed by atoms with E-state index in [9.17, 15) is 4.79 Å². The van der Waals surface area contributed by atoms with Gasteiger partial charge in [0.25, 0.3) is 5.91 Å². The van der Waals surface area contributed by atoms with Gasteiger partial charge in [-0.3, -0.25) is 4.79 Å². The second-order valence-electron chi connectivity index (χ2n) is 3.91. The highest BCUT2D eigenvalue weighted by Gasteiger charge is 2.13. The van der Waals surface area contributed by atoms with Crippen molar-refractivity contribution in [3.63, 3.8) is 0 Å². The summed E-state index contributed by atoms with van der Waals surface area (Å²) in [6, 6.07) is 5.38. The van der Waals surface area contributed by atoms with Crippen molar-refractivity contribution in [2.24, 2.45) is 0 Å². The first-order valence-corrected chi connectivity index (χ1v) is 7.15. The molecule has 1 amide bonds. The zero-order valence-corrected chi connectivity index (χ0v) is 12.8. The predicted octanol–water partition coefficient (Wildman–Crippen LogP) is 3.60. The van der Waals surface area contributed by atoms with Crippen LogP contribution in [0.3, 0.4) is 0 Å². The van der Waals surface area contributed by atoms with Crippen LogP contribution in [-0.2, 0) is 0 Å². The van der Waals surface area contributed by atoms with Crippen LogP contribution in [0.4, 0.5) is 0 Å². The molecule has 0 aliphatic heterocycles. The Bertz CT molecular complexity index is 412. The molecule has 1 N–H and O–H groups in total. The third-order valence-corrected chi connectivity index (χ3v) is 3.54. The van der Waals surface area contributed by atoms with Gasteiger partial charge in [-0.1, -0.05) is 6.92 Å².